The third-order valence-electron chi connectivity index (χ3n) is 3.17. The second-order valence-electron chi connectivity index (χ2n) is 4.64. The SMILES string of the molecule is CCN(CC(C)(O)C(=O)O)C1CCCNC1. The van der Waals surface area contributed by atoms with Crippen LogP contribution in [0.3, 0.4) is 0 Å². The molecule has 0 saturated carbocycles. The van der Waals surface area contributed by atoms with E-state index < -0.39 is 11.6 Å². The maximum atomic E-state index is 10.9. The maximum absolute atomic E-state index is 10.9. The molecule has 0 aliphatic carbocycles. The van der Waals surface area contributed by atoms with Gasteiger partial charge in [0, 0.05) is 19.1 Å². The van der Waals surface area contributed by atoms with Crippen molar-refractivity contribution in [3.05, 3.63) is 0 Å². The number of nitrogens with zero attached hydrogens (tertiary/aromatic N) is 1. The fraction of sp³-hybridized carbons (Fsp3) is 0.909. The molecule has 0 aromatic rings. The zero-order valence-corrected chi connectivity index (χ0v) is 10.1. The van der Waals surface area contributed by atoms with Crippen molar-refractivity contribution in [2.75, 3.05) is 26.2 Å². The molecule has 0 amide bonds. The summed E-state index contributed by atoms with van der Waals surface area (Å²) < 4.78 is 0. The van der Waals surface area contributed by atoms with Gasteiger partial charge >= 0.3 is 5.97 Å². The molecule has 1 fully saturated rings. The highest BCUT2D eigenvalue weighted by Gasteiger charge is 2.34. The number of aliphatic hydroxyl groups is 1. The van der Waals surface area contributed by atoms with Gasteiger partial charge in [0.25, 0.3) is 0 Å². The van der Waals surface area contributed by atoms with Crippen LogP contribution >= 0.6 is 0 Å². The number of carboxylic acids is 1. The fourth-order valence-electron chi connectivity index (χ4n) is 2.11. The minimum absolute atomic E-state index is 0.186. The smallest absolute Gasteiger partial charge is 0.336 e. The zero-order valence-electron chi connectivity index (χ0n) is 10.1. The number of nitrogens with one attached hydrogen (secondary N) is 1. The van der Waals surface area contributed by atoms with Crippen molar-refractivity contribution >= 4 is 5.97 Å². The van der Waals surface area contributed by atoms with Gasteiger partial charge in [-0.3, -0.25) is 4.90 Å². The summed E-state index contributed by atoms with van der Waals surface area (Å²) in [6, 6.07) is 0.338. The van der Waals surface area contributed by atoms with Gasteiger partial charge in [-0.2, -0.15) is 0 Å². The van der Waals surface area contributed by atoms with Gasteiger partial charge in [-0.25, -0.2) is 4.79 Å². The first-order valence-electron chi connectivity index (χ1n) is 5.88. The molecule has 2 unspecified atom stereocenters. The van der Waals surface area contributed by atoms with E-state index in [1.165, 1.54) is 6.92 Å². The summed E-state index contributed by atoms with van der Waals surface area (Å²) in [5.74, 6) is -1.16. The van der Waals surface area contributed by atoms with E-state index in [4.69, 9.17) is 5.11 Å². The molecule has 16 heavy (non-hydrogen) atoms. The van der Waals surface area contributed by atoms with Crippen LogP contribution < -0.4 is 5.32 Å². The van der Waals surface area contributed by atoms with Crippen molar-refractivity contribution < 1.29 is 15.0 Å². The van der Waals surface area contributed by atoms with E-state index in [1.807, 2.05) is 11.8 Å². The number of carbonyl (C=O) groups is 1. The lowest BCUT2D eigenvalue weighted by atomic mass is 10.0. The minimum Gasteiger partial charge on any atom is -0.479 e. The predicted molar refractivity (Wildman–Crippen MR) is 61.4 cm³/mol. The van der Waals surface area contributed by atoms with E-state index in [0.717, 1.165) is 32.5 Å². The average Bonchev–Trinajstić information content (AvgIpc) is 2.27. The highest BCUT2D eigenvalue weighted by atomic mass is 16.4. The molecule has 5 nitrogen and oxygen atoms in total. The summed E-state index contributed by atoms with van der Waals surface area (Å²) in [6.45, 7) is 6.20. The molecule has 0 aromatic heterocycles. The Morgan fingerprint density at radius 2 is 2.31 bits per heavy atom. The molecule has 0 radical (unpaired) electrons. The maximum Gasteiger partial charge on any atom is 0.336 e. The Kier molecular flexibility index (Phi) is 4.70. The number of carboxylic acid groups (broad SMARTS) is 1. The summed E-state index contributed by atoms with van der Waals surface area (Å²) in [5, 5.41) is 21.9. The van der Waals surface area contributed by atoms with Gasteiger partial charge < -0.3 is 15.5 Å². The molecule has 0 bridgehead atoms. The van der Waals surface area contributed by atoms with Crippen LogP contribution in [0.25, 0.3) is 0 Å². The van der Waals surface area contributed by atoms with E-state index in [1.54, 1.807) is 0 Å². The molecule has 94 valence electrons. The molecule has 1 aliphatic rings. The molecular formula is C11H22N2O3. The highest BCUT2D eigenvalue weighted by Crippen LogP contribution is 2.14. The number of rotatable bonds is 5. The lowest BCUT2D eigenvalue weighted by Gasteiger charge is -2.36. The first-order valence-corrected chi connectivity index (χ1v) is 5.88. The lowest BCUT2D eigenvalue weighted by Crippen LogP contribution is -2.53. The minimum atomic E-state index is -1.66. The first kappa shape index (κ1) is 13.4. The van der Waals surface area contributed by atoms with Crippen molar-refractivity contribution in [1.29, 1.82) is 0 Å². The van der Waals surface area contributed by atoms with E-state index in [2.05, 4.69) is 5.32 Å². The Bertz CT molecular complexity index is 237. The second-order valence-corrected chi connectivity index (χ2v) is 4.64. The van der Waals surface area contributed by atoms with Crippen LogP contribution in [0.5, 0.6) is 0 Å². The lowest BCUT2D eigenvalue weighted by molar-refractivity contribution is -0.159. The monoisotopic (exact) mass is 230 g/mol. The summed E-state index contributed by atoms with van der Waals surface area (Å²) in [4.78, 5) is 12.9. The largest absolute Gasteiger partial charge is 0.479 e. The Morgan fingerprint density at radius 3 is 2.75 bits per heavy atom. The van der Waals surface area contributed by atoms with Crippen LogP contribution in [0.1, 0.15) is 26.7 Å². The van der Waals surface area contributed by atoms with E-state index >= 15 is 0 Å². The molecule has 1 aliphatic heterocycles. The molecule has 3 N–H and O–H groups in total. The quantitative estimate of drug-likeness (QED) is 0.615. The van der Waals surface area contributed by atoms with Crippen molar-refractivity contribution in [1.82, 2.24) is 10.2 Å². The van der Waals surface area contributed by atoms with Crippen LogP contribution in [-0.4, -0.2) is 58.9 Å². The van der Waals surface area contributed by atoms with Crippen molar-refractivity contribution in [2.24, 2.45) is 0 Å². The zero-order chi connectivity index (χ0) is 12.2. The van der Waals surface area contributed by atoms with Gasteiger partial charge in [-0.15, -0.1) is 0 Å². The molecular weight excluding hydrogens is 208 g/mol. The molecule has 0 spiro atoms. The molecule has 2 atom stereocenters. The Balaban J connectivity index is 2.56. The Hall–Kier alpha value is -0.650. The molecule has 0 aromatic carbocycles. The van der Waals surface area contributed by atoms with Crippen LogP contribution in [0.4, 0.5) is 0 Å². The molecule has 1 rings (SSSR count). The number of hydrogen-bond donors (Lipinski definition) is 3. The standard InChI is InChI=1S/C11H22N2O3/c1-3-13(8-11(2,16)10(14)15)9-5-4-6-12-7-9/h9,12,16H,3-8H2,1-2H3,(H,14,15). The van der Waals surface area contributed by atoms with E-state index in [-0.39, 0.29) is 6.54 Å². The van der Waals surface area contributed by atoms with Crippen LogP contribution in [0.15, 0.2) is 0 Å². The predicted octanol–water partition coefficient (Wildman–Crippen LogP) is -0.104. The number of hydrogen-bond acceptors (Lipinski definition) is 4. The van der Waals surface area contributed by atoms with E-state index in [0.29, 0.717) is 6.04 Å². The van der Waals surface area contributed by atoms with Gasteiger partial charge in [0.1, 0.15) is 0 Å². The van der Waals surface area contributed by atoms with Gasteiger partial charge in [-0.1, -0.05) is 6.92 Å². The van der Waals surface area contributed by atoms with Crippen LogP contribution in [-0.2, 0) is 4.79 Å². The van der Waals surface area contributed by atoms with Crippen molar-refractivity contribution in [3.8, 4) is 0 Å². The van der Waals surface area contributed by atoms with Crippen molar-refractivity contribution in [3.63, 3.8) is 0 Å². The Labute approximate surface area is 96.4 Å². The molecule has 5 heteroatoms. The van der Waals surface area contributed by atoms with E-state index in [9.17, 15) is 9.90 Å². The summed E-state index contributed by atoms with van der Waals surface area (Å²) in [6.07, 6.45) is 2.17. The van der Waals surface area contributed by atoms with Gasteiger partial charge in [0.15, 0.2) is 5.60 Å². The molecule has 1 saturated heterocycles. The normalized spacial score (nSPS) is 25.4. The fourth-order valence-corrected chi connectivity index (χ4v) is 2.11. The topological polar surface area (TPSA) is 72.8 Å². The van der Waals surface area contributed by atoms with Crippen molar-refractivity contribution in [2.45, 2.75) is 38.3 Å². The Morgan fingerprint density at radius 1 is 1.62 bits per heavy atom. The highest BCUT2D eigenvalue weighted by molar-refractivity contribution is 5.76. The third-order valence-corrected chi connectivity index (χ3v) is 3.17. The second kappa shape index (κ2) is 5.61. The van der Waals surface area contributed by atoms with Crippen LogP contribution in [0.2, 0.25) is 0 Å². The summed E-state index contributed by atoms with van der Waals surface area (Å²) in [5.41, 5.74) is -1.66. The number of aliphatic carboxylic acids is 1. The molecule has 1 heterocycles. The van der Waals surface area contributed by atoms with Gasteiger partial charge in [0.05, 0.1) is 0 Å². The van der Waals surface area contributed by atoms with Gasteiger partial charge in [0.2, 0.25) is 0 Å². The summed E-state index contributed by atoms with van der Waals surface area (Å²) >= 11 is 0. The number of piperidine rings is 1. The first-order chi connectivity index (χ1) is 7.47. The number of likely N-dealkylation sites (N-methyl/N-ethyl adjacent to an activating group) is 1. The average molecular weight is 230 g/mol. The van der Waals surface area contributed by atoms with Gasteiger partial charge in [-0.05, 0) is 32.9 Å². The third kappa shape index (κ3) is 3.43. The summed E-state index contributed by atoms with van der Waals surface area (Å²) in [7, 11) is 0. The van der Waals surface area contributed by atoms with Crippen LogP contribution in [0, 0.1) is 0 Å².